The van der Waals surface area contributed by atoms with Crippen molar-refractivity contribution in [2.24, 2.45) is 38.4 Å². The van der Waals surface area contributed by atoms with Crippen molar-refractivity contribution < 1.29 is 154 Å². The molecule has 11 aliphatic rings. The number of fused-ring (bicyclic) bond motifs is 9. The number of oxime groups is 3. The first-order valence-corrected chi connectivity index (χ1v) is 46.3. The van der Waals surface area contributed by atoms with Gasteiger partial charge in [0.05, 0.1) is 36.7 Å². The van der Waals surface area contributed by atoms with E-state index < -0.39 is 155 Å². The number of aliphatic carboxylic acids is 1. The van der Waals surface area contributed by atoms with Crippen molar-refractivity contribution in [3.8, 4) is 33.4 Å². The molecule has 12 atom stereocenters. The van der Waals surface area contributed by atoms with Crippen LogP contribution >= 0.6 is 12.4 Å². The Labute approximate surface area is 832 Å². The first kappa shape index (κ1) is 108. The summed E-state index contributed by atoms with van der Waals surface area (Å²) in [5.74, 6) is -5.18. The Morgan fingerprint density at radius 1 is 0.474 bits per heavy atom. The van der Waals surface area contributed by atoms with Gasteiger partial charge in [-0.25, -0.2) is 45.9 Å². The fraction of sp³-hybridized carbons (Fsp3) is 0.438. The van der Waals surface area contributed by atoms with E-state index in [1.165, 1.54) is 26.9 Å². The number of carbonyl (C=O) groups is 9. The van der Waals surface area contributed by atoms with Gasteiger partial charge in [-0.2, -0.15) is 0 Å². The van der Waals surface area contributed by atoms with Crippen molar-refractivity contribution in [3.05, 3.63) is 217 Å². The maximum Gasteiger partial charge on any atom is 1.00 e. The van der Waals surface area contributed by atoms with Gasteiger partial charge in [0.1, 0.15) is 87.0 Å². The van der Waals surface area contributed by atoms with Crippen LogP contribution in [0.1, 0.15) is 174 Å². The number of likely N-dealkylation sites (tertiary alicyclic amines) is 3. The molecule has 8 fully saturated rings. The van der Waals surface area contributed by atoms with E-state index in [0.29, 0.717) is 36.4 Å². The van der Waals surface area contributed by atoms with E-state index in [0.717, 1.165) is 79.6 Å². The second-order valence-corrected chi connectivity index (χ2v) is 40.7. The summed E-state index contributed by atoms with van der Waals surface area (Å²) >= 11 is 0. The SMILES string of the molecule is C.C=C[C@@H]1C[C@]1(NC(=O)[C@@H]1C[C@@H](ON=C2c3ccccc3-c3ccccc32)CN1C(=O)OC(C)(C)C)C(=O)NS(=O)(=O)C1CC1.C=C[C@@H]1C[C@]1(NC(=O)[C@@H]1C[C@@H](ON=C2c3ccccc3-c3ccccc32)CN1C(=O)OC(C)(C)C)C(=O)O.C=C[C@@H]1C[C@]1(NC(=O)[C@@H]1C[C@@H](ON=C2c3ccccc3-c3ccccc32)CN1C(=O)OC(C)(C)C)C(=O)OCC.Cl.NS(=O)(=O)C1CC1.[2H][B].[Li+].[OH-].[U]. The molecule has 0 spiro atoms. The Kier molecular flexibility index (Phi) is 34.7. The fourth-order valence-electron chi connectivity index (χ4n) is 16.9. The third-order valence-corrected chi connectivity index (χ3v) is 27.2. The number of nitrogens with zero attached hydrogens (tertiary/aromatic N) is 6. The molecular weight excluding hydrogens is 2010 g/mol. The number of nitrogens with two attached hydrogens (primary N) is 1. The third-order valence-electron chi connectivity index (χ3n) is 24.0. The predicted molar refractivity (Wildman–Crippen MR) is 502 cm³/mol. The first-order chi connectivity index (χ1) is 62.0. The van der Waals surface area contributed by atoms with Crippen LogP contribution in [0.15, 0.2) is 199 Å². The molecule has 8 aliphatic carbocycles. The maximum atomic E-state index is 13.8. The number of benzene rings is 6. The number of esters is 1. The van der Waals surface area contributed by atoms with Crippen LogP contribution in [0.5, 0.6) is 0 Å². The second-order valence-electron chi connectivity index (χ2n) is 36.9. The number of primary sulfonamides is 1. The summed E-state index contributed by atoms with van der Waals surface area (Å²) in [5, 5.41) is 35.4. The molecule has 6 aromatic carbocycles. The number of nitrogens with one attached hydrogen (secondary N) is 4. The van der Waals surface area contributed by atoms with Crippen LogP contribution in [0.3, 0.4) is 0 Å². The van der Waals surface area contributed by atoms with Gasteiger partial charge in [-0.3, -0.25) is 38.6 Å². The van der Waals surface area contributed by atoms with E-state index in [1.807, 2.05) is 146 Å². The Hall–Kier alpha value is -10.6. The molecule has 0 aromatic heterocycles. The van der Waals surface area contributed by atoms with E-state index in [1.54, 1.807) is 75.3 Å². The summed E-state index contributed by atoms with van der Waals surface area (Å²) in [5.41, 5.74) is 7.62. The van der Waals surface area contributed by atoms with E-state index in [9.17, 15) is 65.1 Å². The quantitative estimate of drug-likeness (QED) is 0.0122. The van der Waals surface area contributed by atoms with Gasteiger partial charge in [0.15, 0.2) is 0 Å². The summed E-state index contributed by atoms with van der Waals surface area (Å²) in [6.45, 7) is 29.0. The van der Waals surface area contributed by atoms with Crippen molar-refractivity contribution in [1.29, 1.82) is 1.34 Å². The molecule has 135 heavy (non-hydrogen) atoms. The Morgan fingerprint density at radius 2 is 0.726 bits per heavy atom. The number of sulfonamides is 2. The number of halogens is 1. The van der Waals surface area contributed by atoms with Gasteiger partial charge >= 0.3 is 49.1 Å². The number of carboxylic acids is 1. The second kappa shape index (κ2) is 43.4. The normalized spacial score (nSPS) is 23.8. The van der Waals surface area contributed by atoms with Crippen molar-refractivity contribution in [2.45, 2.75) is 221 Å². The zero-order chi connectivity index (χ0) is 94.8. The Balaban J connectivity index is 0.000000235. The largest absolute Gasteiger partial charge is 1.00 e. The minimum Gasteiger partial charge on any atom is -0.870 e. The van der Waals surface area contributed by atoms with Crippen LogP contribution in [0.25, 0.3) is 33.4 Å². The Morgan fingerprint density at radius 3 is 0.956 bits per heavy atom. The molecule has 2 radical (unpaired) electrons. The van der Waals surface area contributed by atoms with Crippen LogP contribution < -0.4 is 44.7 Å². The minimum absolute atomic E-state index is 0. The van der Waals surface area contributed by atoms with Crippen LogP contribution in [0.4, 0.5) is 14.4 Å². The molecule has 0 bridgehead atoms. The number of carbonyl (C=O) groups excluding carboxylic acids is 8. The number of amides is 7. The van der Waals surface area contributed by atoms with Gasteiger partial charge in [0.2, 0.25) is 37.8 Å². The van der Waals surface area contributed by atoms with Gasteiger partial charge < -0.3 is 60.0 Å². The van der Waals surface area contributed by atoms with Gasteiger partial charge in [-0.1, -0.05) is 187 Å². The fourth-order valence-corrected chi connectivity index (χ4v) is 19.0. The van der Waals surface area contributed by atoms with Gasteiger partial charge in [-0.15, -0.1) is 32.1 Å². The molecule has 17 rings (SSSR count). The molecule has 3 saturated heterocycles. The zero-order valence-corrected chi connectivity index (χ0v) is 83.2. The van der Waals surface area contributed by atoms with Crippen LogP contribution in [0.2, 0.25) is 0 Å². The molecule has 714 valence electrons. The summed E-state index contributed by atoms with van der Waals surface area (Å²) in [6.07, 6.45) is 4.59. The minimum atomic E-state index is -3.83. The maximum absolute atomic E-state index is 13.8. The summed E-state index contributed by atoms with van der Waals surface area (Å²) in [4.78, 5) is 140. The van der Waals surface area contributed by atoms with Crippen LogP contribution in [-0.2, 0) is 82.3 Å². The van der Waals surface area contributed by atoms with E-state index in [2.05, 4.69) is 64.3 Å². The van der Waals surface area contributed by atoms with Gasteiger partial charge in [0, 0.05) is 110 Å². The molecule has 0 unspecified atom stereocenters. The van der Waals surface area contributed by atoms with Crippen molar-refractivity contribution >= 4 is 112 Å². The van der Waals surface area contributed by atoms with Crippen molar-refractivity contribution in [1.82, 2.24) is 35.4 Å². The molecule has 5 saturated carbocycles. The molecule has 3 heterocycles. The summed E-state index contributed by atoms with van der Waals surface area (Å²) in [6, 6.07) is 44.6. The summed E-state index contributed by atoms with van der Waals surface area (Å²) < 4.78 is 74.7. The molecule has 6 aromatic rings. The van der Waals surface area contributed by atoms with E-state index in [4.69, 9.17) is 39.9 Å². The molecule has 33 nitrogen and oxygen atoms in total. The number of carboxylic acid groups (broad SMARTS) is 1. The zero-order valence-electron chi connectivity index (χ0n) is 77.6. The van der Waals surface area contributed by atoms with E-state index >= 15 is 0 Å². The third kappa shape index (κ3) is 24.3. The van der Waals surface area contributed by atoms with Crippen molar-refractivity contribution in [2.75, 3.05) is 26.2 Å². The van der Waals surface area contributed by atoms with Gasteiger partial charge in [0.25, 0.3) is 5.91 Å². The number of ether oxygens (including phenoxy) is 4. The van der Waals surface area contributed by atoms with Crippen molar-refractivity contribution in [3.63, 3.8) is 0 Å². The number of hydrogen-bond acceptors (Lipinski definition) is 24. The van der Waals surface area contributed by atoms with Crippen LogP contribution in [0, 0.1) is 48.9 Å². The monoisotopic (exact) mass is 2130 g/mol. The Bertz CT molecular complexity index is 5730. The van der Waals surface area contributed by atoms with Gasteiger partial charge in [-0.05, 0) is 149 Å². The first-order valence-electron chi connectivity index (χ1n) is 43.7. The van der Waals surface area contributed by atoms with Crippen LogP contribution in [-0.4, -0.2) is 229 Å². The predicted octanol–water partition coefficient (Wildman–Crippen LogP) is 8.55. The topological polar surface area (TPSA) is 458 Å². The molecular formula is C96H116BClLiN11O22S2U. The average molecular weight is 2130 g/mol. The number of hydrogen-bond donors (Lipinski definition) is 6. The molecule has 8 N–H and O–H groups in total. The van der Waals surface area contributed by atoms with E-state index in [-0.39, 0.29) is 151 Å². The molecule has 7 amide bonds. The summed E-state index contributed by atoms with van der Waals surface area (Å²) in [7, 11) is -3.21. The smallest absolute Gasteiger partial charge is 0.870 e. The number of rotatable bonds is 22. The standard InChI is InChI=1S/C32H36N4O7S.C31H35N3O6.C29H31N3O6.C3H7NO2S.CH4.BH.ClH.Li.H2O.U/c1-5-19-17-32(19,29(38)35-44(40,41)21-14-15-21)33-28(37)26-16-20(18-36(26)30(39)42-31(2,3)4)43-34-27-24-12-8-6-10-22(24)23-11-7-9-13-25(23)27;1-6-19-17-31(19,28(36)38-7-2)32-27(35)25-16-20(18-34(25)29(37)39-30(3,4)5)40-33-26-23-14-10-8-12-21(23)22-13-9-11-15-24(22)26;1-5-17-15-29(17,26(34)35)30-25(33)23-14-18(16-32(23)27(36)37-28(2,3)4)38-31-24-21-12-8-6-10-19(21)20-11-7-9-13-22(20)24;4-7(5,6)3-1-2-3;;;;;;/h5-13,19-21,26H,1,14-18H2,2-4H3,(H,33,37)(H,35,38);6,8-15,19-20,25H,1,7,16-18H2,2-5H3,(H,32,35);5-13,17-18,23H,1,14-16H2,2-4H3,(H,30,33)(H,34,35);3H,1-2H2,(H2,4,5,6);1H4;2*1H;;1H2;/q;;;;;;;+1;;/p-1/t19-,20-,26+,32-;19-,20-,25+,31-;17-,18-,23+,29-;;;;;;;/m111......./s1/i;;;;;1D;;;;. The molecule has 3 aliphatic heterocycles. The molecule has 39 heteroatoms. The average Bonchev–Trinajstić information content (AvgIpc) is 1.57.